The van der Waals surface area contributed by atoms with Crippen molar-refractivity contribution in [3.63, 3.8) is 0 Å². The van der Waals surface area contributed by atoms with E-state index in [-0.39, 0.29) is 5.56 Å². The van der Waals surface area contributed by atoms with E-state index in [1.807, 2.05) is 42.5 Å². The van der Waals surface area contributed by atoms with Crippen LogP contribution in [0, 0.1) is 0 Å². The van der Waals surface area contributed by atoms with E-state index >= 15 is 0 Å². The Morgan fingerprint density at radius 1 is 0.931 bits per heavy atom. The molecule has 1 heterocycles. The summed E-state index contributed by atoms with van der Waals surface area (Å²) >= 11 is 0. The summed E-state index contributed by atoms with van der Waals surface area (Å²) in [4.78, 5) is 15.5. The smallest absolute Gasteiger partial charge is 0.256 e. The topological polar surface area (TPSA) is 79.0 Å². The zero-order chi connectivity index (χ0) is 20.0. The molecule has 0 unspecified atom stereocenters. The van der Waals surface area contributed by atoms with Gasteiger partial charge in [-0.25, -0.2) is 13.1 Å². The SMILES string of the molecule is O=c1[nH]c2ccc(S(=O)(=O)NCCCc3ccccc3)c3c2c2c(cccc12)C3. The fourth-order valence-electron chi connectivity index (χ4n) is 4.28. The first-order valence-electron chi connectivity index (χ1n) is 9.68. The van der Waals surface area contributed by atoms with Crippen LogP contribution in [0.5, 0.6) is 0 Å². The van der Waals surface area contributed by atoms with E-state index in [0.717, 1.165) is 34.7 Å². The van der Waals surface area contributed by atoms with Crippen LogP contribution < -0.4 is 10.3 Å². The van der Waals surface area contributed by atoms with Crippen molar-refractivity contribution in [2.75, 3.05) is 6.54 Å². The molecule has 0 saturated heterocycles. The zero-order valence-corrected chi connectivity index (χ0v) is 16.6. The predicted molar refractivity (Wildman–Crippen MR) is 115 cm³/mol. The van der Waals surface area contributed by atoms with Crippen LogP contribution in [-0.2, 0) is 22.9 Å². The van der Waals surface area contributed by atoms with Gasteiger partial charge in [0.05, 0.1) is 4.90 Å². The van der Waals surface area contributed by atoms with E-state index in [1.165, 1.54) is 5.56 Å². The van der Waals surface area contributed by atoms with Crippen molar-refractivity contribution < 1.29 is 8.42 Å². The van der Waals surface area contributed by atoms with Crippen molar-refractivity contribution in [1.82, 2.24) is 9.71 Å². The molecule has 2 N–H and O–H groups in total. The van der Waals surface area contributed by atoms with Gasteiger partial charge >= 0.3 is 0 Å². The number of hydrogen-bond donors (Lipinski definition) is 2. The van der Waals surface area contributed by atoms with Gasteiger partial charge in [0, 0.05) is 34.6 Å². The van der Waals surface area contributed by atoms with Gasteiger partial charge < -0.3 is 4.98 Å². The monoisotopic (exact) mass is 404 g/mol. The molecular weight excluding hydrogens is 384 g/mol. The van der Waals surface area contributed by atoms with Crippen LogP contribution in [0.15, 0.2) is 70.4 Å². The van der Waals surface area contributed by atoms with Crippen LogP contribution in [0.1, 0.15) is 23.1 Å². The lowest BCUT2D eigenvalue weighted by Gasteiger charge is -2.11. The van der Waals surface area contributed by atoms with Crippen LogP contribution in [0.2, 0.25) is 0 Å². The van der Waals surface area contributed by atoms with Crippen molar-refractivity contribution >= 4 is 31.7 Å². The molecular formula is C23H20N2O3S. The summed E-state index contributed by atoms with van der Waals surface area (Å²) in [5.74, 6) is 0. The molecule has 1 aromatic heterocycles. The number of pyridine rings is 1. The van der Waals surface area contributed by atoms with Crippen LogP contribution >= 0.6 is 0 Å². The summed E-state index contributed by atoms with van der Waals surface area (Å²) in [6.07, 6.45) is 2.06. The van der Waals surface area contributed by atoms with E-state index in [9.17, 15) is 13.2 Å². The molecule has 0 spiro atoms. The minimum absolute atomic E-state index is 0.142. The number of benzene rings is 3. The molecule has 29 heavy (non-hydrogen) atoms. The first-order chi connectivity index (χ1) is 14.0. The molecule has 0 fully saturated rings. The molecule has 1 aliphatic rings. The quantitative estimate of drug-likeness (QED) is 0.336. The average molecular weight is 404 g/mol. The fraction of sp³-hybridized carbons (Fsp3) is 0.174. The molecule has 0 radical (unpaired) electrons. The van der Waals surface area contributed by atoms with Gasteiger partial charge in [-0.1, -0.05) is 42.5 Å². The molecule has 0 amide bonds. The second-order valence-corrected chi connectivity index (χ2v) is 9.16. The van der Waals surface area contributed by atoms with Crippen molar-refractivity contribution in [3.05, 3.63) is 87.7 Å². The molecule has 0 saturated carbocycles. The summed E-state index contributed by atoms with van der Waals surface area (Å²) in [5.41, 5.74) is 3.50. The summed E-state index contributed by atoms with van der Waals surface area (Å²) in [6, 6.07) is 18.9. The van der Waals surface area contributed by atoms with Gasteiger partial charge in [0.2, 0.25) is 10.0 Å². The number of hydrogen-bond acceptors (Lipinski definition) is 3. The molecule has 5 nitrogen and oxygen atoms in total. The summed E-state index contributed by atoms with van der Waals surface area (Å²) in [7, 11) is -3.64. The Morgan fingerprint density at radius 2 is 1.76 bits per heavy atom. The van der Waals surface area contributed by atoms with Gasteiger partial charge in [0.25, 0.3) is 5.56 Å². The largest absolute Gasteiger partial charge is 0.321 e. The number of aromatic nitrogens is 1. The Morgan fingerprint density at radius 3 is 2.59 bits per heavy atom. The summed E-state index contributed by atoms with van der Waals surface area (Å²) in [5, 5.41) is 2.34. The normalized spacial score (nSPS) is 13.0. The van der Waals surface area contributed by atoms with Crippen LogP contribution in [0.3, 0.4) is 0 Å². The molecule has 6 heteroatoms. The molecule has 3 aromatic carbocycles. The standard InChI is InChI=1S/C23H20N2O3S/c26-23-17-10-4-9-16-14-18-20(12-11-19(25-23)22(18)21(16)17)29(27,28)24-13-5-8-15-6-2-1-3-7-15/h1-4,6-7,9-12,24H,5,8,13-14H2,(H,25,26). The third kappa shape index (κ3) is 3.05. The lowest BCUT2D eigenvalue weighted by atomic mass is 10.1. The summed E-state index contributed by atoms with van der Waals surface area (Å²) < 4.78 is 28.8. The maximum absolute atomic E-state index is 13.0. The zero-order valence-electron chi connectivity index (χ0n) is 15.7. The van der Waals surface area contributed by atoms with E-state index in [1.54, 1.807) is 18.2 Å². The molecule has 5 rings (SSSR count). The second kappa shape index (κ2) is 6.83. The Hall–Kier alpha value is -2.96. The van der Waals surface area contributed by atoms with Gasteiger partial charge in [-0.2, -0.15) is 0 Å². The van der Waals surface area contributed by atoms with Gasteiger partial charge in [-0.15, -0.1) is 0 Å². The van der Waals surface area contributed by atoms with E-state index in [0.29, 0.717) is 28.8 Å². The van der Waals surface area contributed by atoms with Gasteiger partial charge in [0.15, 0.2) is 0 Å². The molecule has 1 aliphatic carbocycles. The van der Waals surface area contributed by atoms with Crippen molar-refractivity contribution in [1.29, 1.82) is 0 Å². The third-order valence-electron chi connectivity index (χ3n) is 5.60. The first-order valence-corrected chi connectivity index (χ1v) is 11.2. The molecule has 0 aliphatic heterocycles. The van der Waals surface area contributed by atoms with E-state index in [4.69, 9.17) is 0 Å². The van der Waals surface area contributed by atoms with Crippen molar-refractivity contribution in [2.45, 2.75) is 24.2 Å². The maximum atomic E-state index is 13.0. The Bertz CT molecular complexity index is 1410. The average Bonchev–Trinajstić information content (AvgIpc) is 3.11. The first kappa shape index (κ1) is 18.1. The summed E-state index contributed by atoms with van der Waals surface area (Å²) in [6.45, 7) is 0.378. The Labute approximate surface area is 168 Å². The highest BCUT2D eigenvalue weighted by Gasteiger charge is 2.26. The maximum Gasteiger partial charge on any atom is 0.256 e. The molecule has 0 atom stereocenters. The number of H-pyrrole nitrogens is 1. The lowest BCUT2D eigenvalue weighted by Crippen LogP contribution is -2.26. The molecule has 146 valence electrons. The van der Waals surface area contributed by atoms with Crippen LogP contribution in [0.4, 0.5) is 0 Å². The van der Waals surface area contributed by atoms with Gasteiger partial charge in [-0.05, 0) is 47.7 Å². The van der Waals surface area contributed by atoms with Crippen molar-refractivity contribution in [3.8, 4) is 0 Å². The number of rotatable bonds is 6. The fourth-order valence-corrected chi connectivity index (χ4v) is 5.59. The van der Waals surface area contributed by atoms with Crippen molar-refractivity contribution in [2.24, 2.45) is 0 Å². The Balaban J connectivity index is 1.46. The highest BCUT2D eigenvalue weighted by atomic mass is 32.2. The minimum Gasteiger partial charge on any atom is -0.321 e. The van der Waals surface area contributed by atoms with Crippen LogP contribution in [0.25, 0.3) is 21.7 Å². The second-order valence-electron chi connectivity index (χ2n) is 7.42. The molecule has 0 bridgehead atoms. The van der Waals surface area contributed by atoms with E-state index < -0.39 is 10.0 Å². The number of sulfonamides is 1. The Kier molecular flexibility index (Phi) is 4.26. The number of aromatic amines is 1. The molecule has 4 aromatic rings. The third-order valence-corrected chi connectivity index (χ3v) is 7.14. The lowest BCUT2D eigenvalue weighted by molar-refractivity contribution is 0.578. The predicted octanol–water partition coefficient (Wildman–Crippen LogP) is 3.50. The van der Waals surface area contributed by atoms with Gasteiger partial charge in [-0.3, -0.25) is 4.79 Å². The minimum atomic E-state index is -3.64. The number of nitrogens with one attached hydrogen (secondary N) is 2. The van der Waals surface area contributed by atoms with E-state index in [2.05, 4.69) is 9.71 Å². The van der Waals surface area contributed by atoms with Gasteiger partial charge in [0.1, 0.15) is 0 Å². The van der Waals surface area contributed by atoms with Crippen LogP contribution in [-0.4, -0.2) is 19.9 Å². The number of aryl methyl sites for hydroxylation is 1. The highest BCUT2D eigenvalue weighted by Crippen LogP contribution is 2.38. The highest BCUT2D eigenvalue weighted by molar-refractivity contribution is 7.89.